The zero-order chi connectivity index (χ0) is 23.1. The van der Waals surface area contributed by atoms with Gasteiger partial charge in [-0.3, -0.25) is 14.0 Å². The van der Waals surface area contributed by atoms with Gasteiger partial charge in [-0.2, -0.15) is 0 Å². The number of amides is 1. The molecule has 1 unspecified atom stereocenters. The molecule has 172 valence electrons. The molecule has 1 atom stereocenters. The van der Waals surface area contributed by atoms with E-state index >= 15 is 0 Å². The van der Waals surface area contributed by atoms with Gasteiger partial charge in [0.15, 0.2) is 6.10 Å². The standard InChI is InChI=1S/C24H31N3O4S/c1-20(31-23-13-11-22(12-14-23)25(2)32(3,29)30)24(28)27-18-16-26(17-19-27)15-7-10-21-8-5-4-6-9-21/h4-14,20H,15-19H2,1-3H3/b10-7+. The first kappa shape index (κ1) is 23.8. The number of hydrogen-bond donors (Lipinski definition) is 0. The Kier molecular flexibility index (Phi) is 7.93. The van der Waals surface area contributed by atoms with Crippen LogP contribution in [0.1, 0.15) is 12.5 Å². The van der Waals surface area contributed by atoms with Crippen molar-refractivity contribution in [3.63, 3.8) is 0 Å². The molecule has 1 heterocycles. The average molecular weight is 458 g/mol. The van der Waals surface area contributed by atoms with E-state index in [1.54, 1.807) is 31.2 Å². The molecule has 1 fully saturated rings. The second-order valence-corrected chi connectivity index (χ2v) is 9.94. The molecule has 1 aliphatic rings. The lowest BCUT2D eigenvalue weighted by molar-refractivity contribution is -0.139. The summed E-state index contributed by atoms with van der Waals surface area (Å²) < 4.78 is 30.3. The summed E-state index contributed by atoms with van der Waals surface area (Å²) in [4.78, 5) is 17.0. The summed E-state index contributed by atoms with van der Waals surface area (Å²) in [6.45, 7) is 5.59. The predicted octanol–water partition coefficient (Wildman–Crippen LogP) is 2.71. The fraction of sp³-hybridized carbons (Fsp3) is 0.375. The van der Waals surface area contributed by atoms with Crippen molar-refractivity contribution < 1.29 is 17.9 Å². The van der Waals surface area contributed by atoms with Gasteiger partial charge < -0.3 is 9.64 Å². The van der Waals surface area contributed by atoms with Gasteiger partial charge in [-0.05, 0) is 36.8 Å². The van der Waals surface area contributed by atoms with Crippen molar-refractivity contribution in [1.29, 1.82) is 0 Å². The highest BCUT2D eigenvalue weighted by Gasteiger charge is 2.25. The highest BCUT2D eigenvalue weighted by atomic mass is 32.2. The largest absolute Gasteiger partial charge is 0.481 e. The third kappa shape index (κ3) is 6.58. The van der Waals surface area contributed by atoms with Gasteiger partial charge in [0.25, 0.3) is 5.91 Å². The smallest absolute Gasteiger partial charge is 0.263 e. The first-order valence-electron chi connectivity index (χ1n) is 10.7. The third-order valence-electron chi connectivity index (χ3n) is 5.52. The summed E-state index contributed by atoms with van der Waals surface area (Å²) in [5.74, 6) is 0.489. The van der Waals surface area contributed by atoms with E-state index in [1.165, 1.54) is 16.9 Å². The Hall–Kier alpha value is -2.84. The number of hydrogen-bond acceptors (Lipinski definition) is 5. The number of carbonyl (C=O) groups is 1. The van der Waals surface area contributed by atoms with Crippen LogP contribution in [0.5, 0.6) is 5.75 Å². The lowest BCUT2D eigenvalue weighted by atomic mass is 10.2. The number of benzene rings is 2. The number of rotatable bonds is 8. The number of sulfonamides is 1. The molecule has 0 spiro atoms. The Balaban J connectivity index is 1.46. The minimum Gasteiger partial charge on any atom is -0.481 e. The van der Waals surface area contributed by atoms with Crippen molar-refractivity contribution in [3.8, 4) is 5.75 Å². The molecule has 3 rings (SSSR count). The Morgan fingerprint density at radius 3 is 2.28 bits per heavy atom. The van der Waals surface area contributed by atoms with Crippen LogP contribution in [-0.4, -0.2) is 76.3 Å². The van der Waals surface area contributed by atoms with E-state index in [4.69, 9.17) is 4.74 Å². The normalized spacial score (nSPS) is 16.2. The van der Waals surface area contributed by atoms with Crippen LogP contribution < -0.4 is 9.04 Å². The maximum Gasteiger partial charge on any atom is 0.263 e. The Labute approximate surface area is 190 Å². The van der Waals surface area contributed by atoms with Crippen molar-refractivity contribution in [2.24, 2.45) is 0 Å². The molecule has 8 heteroatoms. The molecule has 2 aromatic rings. The number of nitrogens with zero attached hydrogens (tertiary/aromatic N) is 3. The summed E-state index contributed by atoms with van der Waals surface area (Å²) in [5, 5.41) is 0. The summed E-state index contributed by atoms with van der Waals surface area (Å²) >= 11 is 0. The van der Waals surface area contributed by atoms with Crippen LogP contribution in [0.2, 0.25) is 0 Å². The highest BCUT2D eigenvalue weighted by Crippen LogP contribution is 2.21. The molecule has 0 radical (unpaired) electrons. The van der Waals surface area contributed by atoms with E-state index in [0.29, 0.717) is 24.5 Å². The molecule has 0 aromatic heterocycles. The van der Waals surface area contributed by atoms with Gasteiger partial charge in [0.2, 0.25) is 10.0 Å². The molecule has 0 saturated carbocycles. The lowest BCUT2D eigenvalue weighted by Gasteiger charge is -2.35. The van der Waals surface area contributed by atoms with Crippen LogP contribution in [0.15, 0.2) is 60.7 Å². The van der Waals surface area contributed by atoms with Crippen molar-refractivity contribution in [2.45, 2.75) is 13.0 Å². The SMILES string of the molecule is CC(Oc1ccc(N(C)S(C)(=O)=O)cc1)C(=O)N1CCN(C/C=C/c2ccccc2)CC1. The first-order chi connectivity index (χ1) is 15.2. The van der Waals surface area contributed by atoms with E-state index in [2.05, 4.69) is 29.2 Å². The van der Waals surface area contributed by atoms with E-state index in [1.807, 2.05) is 23.1 Å². The van der Waals surface area contributed by atoms with E-state index in [9.17, 15) is 13.2 Å². The Morgan fingerprint density at radius 1 is 1.06 bits per heavy atom. The van der Waals surface area contributed by atoms with Crippen LogP contribution in [0.25, 0.3) is 6.08 Å². The minimum absolute atomic E-state index is 0.0400. The molecule has 0 N–H and O–H groups in total. The molecule has 0 bridgehead atoms. The molecular weight excluding hydrogens is 426 g/mol. The summed E-state index contributed by atoms with van der Waals surface area (Å²) in [6.07, 6.45) is 4.81. The monoisotopic (exact) mass is 457 g/mol. The predicted molar refractivity (Wildman–Crippen MR) is 128 cm³/mol. The van der Waals surface area contributed by atoms with Crippen LogP contribution >= 0.6 is 0 Å². The van der Waals surface area contributed by atoms with Crippen molar-refractivity contribution in [3.05, 3.63) is 66.2 Å². The van der Waals surface area contributed by atoms with Gasteiger partial charge in [-0.1, -0.05) is 42.5 Å². The van der Waals surface area contributed by atoms with Crippen LogP contribution in [0.4, 0.5) is 5.69 Å². The first-order valence-corrected chi connectivity index (χ1v) is 12.5. The zero-order valence-electron chi connectivity index (χ0n) is 18.8. The molecule has 1 saturated heterocycles. The number of anilines is 1. The quantitative estimate of drug-likeness (QED) is 0.610. The number of piperazine rings is 1. The Morgan fingerprint density at radius 2 is 1.69 bits per heavy atom. The maximum absolute atomic E-state index is 12.8. The highest BCUT2D eigenvalue weighted by molar-refractivity contribution is 7.92. The van der Waals surface area contributed by atoms with Crippen LogP contribution in [0, 0.1) is 0 Å². The van der Waals surface area contributed by atoms with Crippen molar-refractivity contribution in [1.82, 2.24) is 9.80 Å². The van der Waals surface area contributed by atoms with Crippen molar-refractivity contribution in [2.75, 3.05) is 50.3 Å². The number of ether oxygens (including phenoxy) is 1. The number of carbonyl (C=O) groups excluding carboxylic acids is 1. The molecular formula is C24H31N3O4S. The third-order valence-corrected chi connectivity index (χ3v) is 6.72. The van der Waals surface area contributed by atoms with E-state index in [0.717, 1.165) is 25.9 Å². The molecule has 0 aliphatic carbocycles. The van der Waals surface area contributed by atoms with Crippen molar-refractivity contribution >= 4 is 27.7 Å². The van der Waals surface area contributed by atoms with E-state index in [-0.39, 0.29) is 5.91 Å². The maximum atomic E-state index is 12.8. The molecule has 32 heavy (non-hydrogen) atoms. The summed E-state index contributed by atoms with van der Waals surface area (Å²) in [5.41, 5.74) is 1.72. The van der Waals surface area contributed by atoms with Gasteiger partial charge in [0.05, 0.1) is 11.9 Å². The second kappa shape index (κ2) is 10.7. The van der Waals surface area contributed by atoms with Gasteiger partial charge >= 0.3 is 0 Å². The van der Waals surface area contributed by atoms with E-state index < -0.39 is 16.1 Å². The molecule has 7 nitrogen and oxygen atoms in total. The molecule has 2 aromatic carbocycles. The zero-order valence-corrected chi connectivity index (χ0v) is 19.7. The minimum atomic E-state index is -3.32. The Bertz CT molecular complexity index is 1010. The topological polar surface area (TPSA) is 70.2 Å². The van der Waals surface area contributed by atoms with Gasteiger partial charge in [0, 0.05) is 39.8 Å². The fourth-order valence-corrected chi connectivity index (χ4v) is 4.00. The second-order valence-electron chi connectivity index (χ2n) is 7.92. The summed E-state index contributed by atoms with van der Waals surface area (Å²) in [7, 11) is -1.83. The van der Waals surface area contributed by atoms with Gasteiger partial charge in [-0.25, -0.2) is 8.42 Å². The fourth-order valence-electron chi connectivity index (χ4n) is 3.49. The average Bonchev–Trinajstić information content (AvgIpc) is 2.79. The molecule has 1 aliphatic heterocycles. The lowest BCUT2D eigenvalue weighted by Crippen LogP contribution is -2.51. The molecule has 1 amide bonds. The van der Waals surface area contributed by atoms with Crippen LogP contribution in [-0.2, 0) is 14.8 Å². The summed E-state index contributed by atoms with van der Waals surface area (Å²) in [6, 6.07) is 16.9. The van der Waals surface area contributed by atoms with Crippen LogP contribution in [0.3, 0.4) is 0 Å². The van der Waals surface area contributed by atoms with Gasteiger partial charge in [-0.15, -0.1) is 0 Å². The van der Waals surface area contributed by atoms with Gasteiger partial charge in [0.1, 0.15) is 5.75 Å².